The van der Waals surface area contributed by atoms with Crippen molar-refractivity contribution in [2.24, 2.45) is 5.14 Å². The number of hydrogen-bond acceptors (Lipinski definition) is 7. The van der Waals surface area contributed by atoms with Crippen molar-refractivity contribution < 1.29 is 32.1 Å². The van der Waals surface area contributed by atoms with E-state index >= 15 is 0 Å². The first-order valence-electron chi connectivity index (χ1n) is 6.96. The van der Waals surface area contributed by atoms with Crippen LogP contribution < -0.4 is 5.14 Å². The molecule has 1 aromatic heterocycles. The van der Waals surface area contributed by atoms with E-state index in [-0.39, 0.29) is 27.7 Å². The Hall–Kier alpha value is -2.98. The van der Waals surface area contributed by atoms with Crippen LogP contribution in [0.25, 0.3) is 0 Å². The number of hydroxylamine groups is 2. The van der Waals surface area contributed by atoms with Gasteiger partial charge in [0.25, 0.3) is 11.8 Å². The predicted molar refractivity (Wildman–Crippen MR) is 81.9 cm³/mol. The van der Waals surface area contributed by atoms with Crippen LogP contribution in [0.3, 0.4) is 0 Å². The van der Waals surface area contributed by atoms with Crippen molar-refractivity contribution in [3.63, 3.8) is 0 Å². The molecule has 2 heterocycles. The molecule has 0 saturated carbocycles. The van der Waals surface area contributed by atoms with E-state index in [4.69, 9.17) is 14.4 Å². The second kappa shape index (κ2) is 5.53. The summed E-state index contributed by atoms with van der Waals surface area (Å²) in [7, 11) is -4.29. The molecule has 0 fully saturated rings. The number of aryl methyl sites for hydroxylation is 2. The van der Waals surface area contributed by atoms with Gasteiger partial charge >= 0.3 is 5.97 Å². The lowest BCUT2D eigenvalue weighted by Gasteiger charge is -2.12. The molecule has 0 atom stereocenters. The molecule has 0 aliphatic carbocycles. The zero-order valence-electron chi connectivity index (χ0n) is 13.1. The number of nitrogens with two attached hydrogens (primary N) is 1. The number of nitrogens with zero attached hydrogens (tertiary/aromatic N) is 1. The van der Waals surface area contributed by atoms with Crippen LogP contribution in [0.5, 0.6) is 0 Å². The molecule has 2 N–H and O–H groups in total. The van der Waals surface area contributed by atoms with Crippen LogP contribution >= 0.6 is 0 Å². The van der Waals surface area contributed by atoms with Crippen LogP contribution in [-0.4, -0.2) is 31.3 Å². The molecule has 2 aromatic rings. The van der Waals surface area contributed by atoms with Crippen molar-refractivity contribution in [3.05, 3.63) is 52.5 Å². The maximum atomic E-state index is 12.4. The molecule has 9 nitrogen and oxygen atoms in total. The van der Waals surface area contributed by atoms with Gasteiger partial charge in [-0.15, -0.1) is 0 Å². The third-order valence-corrected chi connectivity index (χ3v) is 4.69. The number of imide groups is 1. The van der Waals surface area contributed by atoms with Crippen molar-refractivity contribution >= 4 is 27.8 Å². The Balaban J connectivity index is 1.98. The molecule has 130 valence electrons. The summed E-state index contributed by atoms with van der Waals surface area (Å²) in [6, 6.07) is 5.93. The molecular weight excluding hydrogens is 352 g/mol. The smallest absolute Gasteiger partial charge is 0.368 e. The maximum Gasteiger partial charge on any atom is 0.368 e. The number of primary sulfonamides is 1. The fourth-order valence-corrected chi connectivity index (χ4v) is 3.57. The summed E-state index contributed by atoms with van der Waals surface area (Å²) < 4.78 is 28.5. The molecule has 1 aliphatic rings. The Labute approximate surface area is 142 Å². The lowest BCUT2D eigenvalue weighted by Crippen LogP contribution is -2.33. The number of furan rings is 1. The first-order valence-corrected chi connectivity index (χ1v) is 8.50. The highest BCUT2D eigenvalue weighted by atomic mass is 32.2. The highest BCUT2D eigenvalue weighted by molar-refractivity contribution is 7.89. The minimum atomic E-state index is -4.29. The summed E-state index contributed by atoms with van der Waals surface area (Å²) in [5, 5.41) is 5.38. The monoisotopic (exact) mass is 364 g/mol. The first-order chi connectivity index (χ1) is 11.6. The molecule has 3 rings (SSSR count). The highest BCUT2D eigenvalue weighted by Crippen LogP contribution is 2.28. The largest absolute Gasteiger partial charge is 0.464 e. The molecule has 1 aromatic carbocycles. The fourth-order valence-electron chi connectivity index (χ4n) is 2.62. The Morgan fingerprint density at radius 1 is 1.08 bits per heavy atom. The Morgan fingerprint density at radius 2 is 1.60 bits per heavy atom. The van der Waals surface area contributed by atoms with Crippen LogP contribution in [0.2, 0.25) is 0 Å². The van der Waals surface area contributed by atoms with Gasteiger partial charge in [0.05, 0.1) is 11.1 Å². The van der Waals surface area contributed by atoms with E-state index in [1.807, 2.05) is 0 Å². The molecule has 0 spiro atoms. The number of benzene rings is 1. The Bertz CT molecular complexity index is 1000. The van der Waals surface area contributed by atoms with E-state index in [0.717, 1.165) is 0 Å². The van der Waals surface area contributed by atoms with E-state index in [0.29, 0.717) is 0 Å². The predicted octanol–water partition coefficient (Wildman–Crippen LogP) is 0.912. The standard InChI is InChI=1S/C15H12N2O7S/c1-7-11(12(8(2)23-7)25(16,21)22)15(20)24-17-13(18)9-5-3-4-6-10(9)14(17)19/h3-6H,1-2H3,(H2,16,21,22). The van der Waals surface area contributed by atoms with E-state index in [1.54, 1.807) is 12.1 Å². The third-order valence-electron chi connectivity index (χ3n) is 3.62. The Morgan fingerprint density at radius 3 is 2.08 bits per heavy atom. The van der Waals surface area contributed by atoms with Crippen molar-refractivity contribution in [2.45, 2.75) is 18.7 Å². The summed E-state index contributed by atoms with van der Waals surface area (Å²) in [6.45, 7) is 2.65. The lowest BCUT2D eigenvalue weighted by atomic mass is 10.1. The minimum absolute atomic E-state index is 0.0665. The summed E-state index contributed by atoms with van der Waals surface area (Å²) in [5.41, 5.74) is -0.310. The van der Waals surface area contributed by atoms with Crippen LogP contribution in [0.1, 0.15) is 42.6 Å². The molecule has 0 bridgehead atoms. The van der Waals surface area contributed by atoms with Crippen LogP contribution in [0, 0.1) is 13.8 Å². The van der Waals surface area contributed by atoms with Gasteiger partial charge in [-0.25, -0.2) is 18.4 Å². The average molecular weight is 364 g/mol. The maximum absolute atomic E-state index is 12.4. The number of fused-ring (bicyclic) bond motifs is 1. The van der Waals surface area contributed by atoms with Gasteiger partial charge in [-0.05, 0) is 26.0 Å². The van der Waals surface area contributed by atoms with Crippen molar-refractivity contribution in [1.82, 2.24) is 5.06 Å². The van der Waals surface area contributed by atoms with E-state index < -0.39 is 38.3 Å². The molecule has 0 saturated heterocycles. The van der Waals surface area contributed by atoms with Gasteiger partial charge in [-0.3, -0.25) is 9.59 Å². The number of hydrogen-bond donors (Lipinski definition) is 1. The van der Waals surface area contributed by atoms with Gasteiger partial charge in [-0.1, -0.05) is 17.2 Å². The highest BCUT2D eigenvalue weighted by Gasteiger charge is 2.40. The van der Waals surface area contributed by atoms with Gasteiger partial charge in [0.15, 0.2) is 0 Å². The molecule has 0 unspecified atom stereocenters. The number of rotatable bonds is 3. The normalized spacial score (nSPS) is 14.0. The minimum Gasteiger partial charge on any atom is -0.464 e. The number of carbonyl (C=O) groups is 3. The fraction of sp³-hybridized carbons (Fsp3) is 0.133. The summed E-state index contributed by atoms with van der Waals surface area (Å²) in [5.74, 6) is -3.07. The SMILES string of the molecule is Cc1oc(C)c(S(N)(=O)=O)c1C(=O)ON1C(=O)c2ccccc2C1=O. The molecular formula is C15H12N2O7S. The molecule has 0 radical (unpaired) electrons. The second-order valence-electron chi connectivity index (χ2n) is 5.29. The quantitative estimate of drug-likeness (QED) is 0.799. The third kappa shape index (κ3) is 2.61. The lowest BCUT2D eigenvalue weighted by molar-refractivity contribution is -0.0588. The van der Waals surface area contributed by atoms with Gasteiger partial charge in [0, 0.05) is 0 Å². The van der Waals surface area contributed by atoms with Gasteiger partial charge in [0.2, 0.25) is 10.0 Å². The zero-order chi connectivity index (χ0) is 18.5. The van der Waals surface area contributed by atoms with Crippen LogP contribution in [-0.2, 0) is 14.9 Å². The van der Waals surface area contributed by atoms with Crippen molar-refractivity contribution in [1.29, 1.82) is 0 Å². The molecule has 1 aliphatic heterocycles. The van der Waals surface area contributed by atoms with Gasteiger partial charge in [0.1, 0.15) is 22.0 Å². The Kier molecular flexibility index (Phi) is 3.73. The number of amides is 2. The number of carbonyl (C=O) groups excluding carboxylic acids is 3. The van der Waals surface area contributed by atoms with Crippen LogP contribution in [0.4, 0.5) is 0 Å². The van der Waals surface area contributed by atoms with Crippen LogP contribution in [0.15, 0.2) is 33.6 Å². The zero-order valence-corrected chi connectivity index (χ0v) is 13.9. The van der Waals surface area contributed by atoms with Crippen molar-refractivity contribution in [3.8, 4) is 0 Å². The van der Waals surface area contributed by atoms with Gasteiger partial charge < -0.3 is 9.25 Å². The van der Waals surface area contributed by atoms with E-state index in [1.165, 1.54) is 26.0 Å². The topological polar surface area (TPSA) is 137 Å². The molecule has 25 heavy (non-hydrogen) atoms. The molecule has 2 amide bonds. The summed E-state index contributed by atoms with van der Waals surface area (Å²) in [4.78, 5) is 41.1. The van der Waals surface area contributed by atoms with Crippen molar-refractivity contribution in [2.75, 3.05) is 0 Å². The van der Waals surface area contributed by atoms with E-state index in [9.17, 15) is 22.8 Å². The van der Waals surface area contributed by atoms with E-state index in [2.05, 4.69) is 0 Å². The number of sulfonamides is 1. The molecule has 10 heteroatoms. The van der Waals surface area contributed by atoms with Gasteiger partial charge in [-0.2, -0.15) is 0 Å². The first kappa shape index (κ1) is 16.9. The average Bonchev–Trinajstić information content (AvgIpc) is 2.96. The second-order valence-corrected chi connectivity index (χ2v) is 6.79. The summed E-state index contributed by atoms with van der Waals surface area (Å²) in [6.07, 6.45) is 0. The summed E-state index contributed by atoms with van der Waals surface area (Å²) >= 11 is 0.